The Balaban J connectivity index is 2.42. The number of allylic oxidation sites excluding steroid dienone is 1. The Morgan fingerprint density at radius 1 is 1.53 bits per heavy atom. The molecule has 100 valence electrons. The van der Waals surface area contributed by atoms with Crippen LogP contribution in [0.1, 0.15) is 5.56 Å². The van der Waals surface area contributed by atoms with Gasteiger partial charge in [-0.15, -0.1) is 0 Å². The molecule has 0 fully saturated rings. The maximum Gasteiger partial charge on any atom is 0.355 e. The number of carbonyl (C=O) groups is 1. The molecule has 0 aromatic heterocycles. The summed E-state index contributed by atoms with van der Waals surface area (Å²) in [5.74, 6) is -1.14. The van der Waals surface area contributed by atoms with Gasteiger partial charge in [-0.1, -0.05) is 6.07 Å². The lowest BCUT2D eigenvalue weighted by Gasteiger charge is -2.12. The molecule has 1 aliphatic heterocycles. The average molecular weight is 347 g/mol. The zero-order chi connectivity index (χ0) is 14.0. The molecule has 1 heterocycles. The van der Waals surface area contributed by atoms with Gasteiger partial charge in [-0.3, -0.25) is 4.72 Å². The van der Waals surface area contributed by atoms with Crippen LogP contribution in [0.2, 0.25) is 0 Å². The molecular weight excluding hydrogens is 339 g/mol. The van der Waals surface area contributed by atoms with Crippen molar-refractivity contribution in [1.82, 2.24) is 4.72 Å². The average Bonchev–Trinajstić information content (AvgIpc) is 2.40. The molecule has 0 bridgehead atoms. The second-order valence-corrected chi connectivity index (χ2v) is 5.25. The molecule has 0 amide bonds. The van der Waals surface area contributed by atoms with E-state index in [2.05, 4.69) is 29.8 Å². The highest BCUT2D eigenvalue weighted by atomic mass is 79.9. The summed E-state index contributed by atoms with van der Waals surface area (Å²) in [7, 11) is 1.21. The zero-order valence-electron chi connectivity index (χ0n) is 9.65. The molecule has 1 atom stereocenters. The molecule has 8 heteroatoms. The summed E-state index contributed by atoms with van der Waals surface area (Å²) < 4.78 is 35.9. The van der Waals surface area contributed by atoms with E-state index in [9.17, 15) is 13.4 Å². The van der Waals surface area contributed by atoms with Crippen LogP contribution in [0.3, 0.4) is 0 Å². The quantitative estimate of drug-likeness (QED) is 0.827. The van der Waals surface area contributed by atoms with E-state index in [0.717, 1.165) is 0 Å². The smallest absolute Gasteiger partial charge is 0.355 e. The number of carbonyl (C=O) groups excluding carboxylic acids is 1. The third kappa shape index (κ3) is 3.07. The van der Waals surface area contributed by atoms with Crippen molar-refractivity contribution in [2.24, 2.45) is 4.40 Å². The van der Waals surface area contributed by atoms with E-state index in [1.807, 2.05) is 0 Å². The summed E-state index contributed by atoms with van der Waals surface area (Å²) in [5.41, 5.74) is 0.662. The van der Waals surface area contributed by atoms with Crippen LogP contribution in [0.5, 0.6) is 0 Å². The van der Waals surface area contributed by atoms with Crippen molar-refractivity contribution in [3.05, 3.63) is 45.8 Å². The highest BCUT2D eigenvalue weighted by molar-refractivity contribution is 9.10. The first-order valence-electron chi connectivity index (χ1n) is 5.04. The summed E-state index contributed by atoms with van der Waals surface area (Å²) >= 11 is 1.23. The molecule has 2 rings (SSSR count). The van der Waals surface area contributed by atoms with E-state index >= 15 is 0 Å². The van der Waals surface area contributed by atoms with Gasteiger partial charge in [0, 0.05) is 5.56 Å². The highest BCUT2D eigenvalue weighted by Gasteiger charge is 2.19. The topological polar surface area (TPSA) is 67.8 Å². The van der Waals surface area contributed by atoms with Gasteiger partial charge in [-0.25, -0.2) is 13.4 Å². The first kappa shape index (κ1) is 13.9. The van der Waals surface area contributed by atoms with Crippen molar-refractivity contribution in [3.8, 4) is 0 Å². The van der Waals surface area contributed by atoms with Gasteiger partial charge in [0.2, 0.25) is 11.2 Å². The molecule has 19 heavy (non-hydrogen) atoms. The number of ether oxygens (including phenoxy) is 1. The number of halogens is 2. The fourth-order valence-electron chi connectivity index (χ4n) is 1.40. The van der Waals surface area contributed by atoms with Crippen molar-refractivity contribution >= 4 is 38.8 Å². The third-order valence-corrected chi connectivity index (χ3v) is 3.68. The summed E-state index contributed by atoms with van der Waals surface area (Å²) in [6.07, 6.45) is 1.36. The standard InChI is InChI=1S/C11H8BrFN2O3S/c1-18-11(16)10-5-9(14-19(17)15-10)6-2-3-7(12)8(13)4-6/h2-5,15H,1H3. The van der Waals surface area contributed by atoms with Crippen LogP contribution in [0, 0.1) is 5.82 Å². The zero-order valence-corrected chi connectivity index (χ0v) is 12.0. The lowest BCUT2D eigenvalue weighted by molar-refractivity contribution is -0.136. The van der Waals surface area contributed by atoms with Crippen molar-refractivity contribution < 1.29 is 18.1 Å². The van der Waals surface area contributed by atoms with Gasteiger partial charge in [0.25, 0.3) is 0 Å². The Labute approximate surface area is 119 Å². The van der Waals surface area contributed by atoms with Crippen LogP contribution in [0.4, 0.5) is 4.39 Å². The van der Waals surface area contributed by atoms with Crippen LogP contribution >= 0.6 is 15.9 Å². The van der Waals surface area contributed by atoms with Crippen molar-refractivity contribution in [1.29, 1.82) is 0 Å². The van der Waals surface area contributed by atoms with Gasteiger partial charge in [-0.05, 0) is 34.1 Å². The van der Waals surface area contributed by atoms with Gasteiger partial charge in [0.15, 0.2) is 0 Å². The van der Waals surface area contributed by atoms with E-state index in [4.69, 9.17) is 0 Å². The number of hydrogen-bond acceptors (Lipinski definition) is 3. The Hall–Kier alpha value is -1.54. The van der Waals surface area contributed by atoms with E-state index < -0.39 is 23.0 Å². The third-order valence-electron chi connectivity index (χ3n) is 2.28. The van der Waals surface area contributed by atoms with Crippen LogP contribution in [0.25, 0.3) is 0 Å². The number of benzene rings is 1. The number of methoxy groups -OCH3 is 1. The molecule has 0 saturated carbocycles. The largest absolute Gasteiger partial charge is 0.464 e. The molecule has 1 aliphatic rings. The predicted molar refractivity (Wildman–Crippen MR) is 72.0 cm³/mol. The fraction of sp³-hybridized carbons (Fsp3) is 0.0909. The molecular formula is C11H8BrFN2O3S. The maximum atomic E-state index is 13.4. The van der Waals surface area contributed by atoms with Gasteiger partial charge in [-0.2, -0.15) is 4.40 Å². The second-order valence-electron chi connectivity index (χ2n) is 3.51. The lowest BCUT2D eigenvalue weighted by atomic mass is 10.1. The Morgan fingerprint density at radius 3 is 2.89 bits per heavy atom. The van der Waals surface area contributed by atoms with Gasteiger partial charge in [0.1, 0.15) is 11.5 Å². The molecule has 0 spiro atoms. The molecule has 5 nitrogen and oxygen atoms in total. The van der Waals surface area contributed by atoms with Gasteiger partial charge >= 0.3 is 5.97 Å². The first-order valence-corrected chi connectivity index (χ1v) is 6.94. The normalized spacial score (nSPS) is 18.2. The summed E-state index contributed by atoms with van der Waals surface area (Å²) in [6, 6.07) is 4.33. The van der Waals surface area contributed by atoms with E-state index in [0.29, 0.717) is 10.0 Å². The fourth-order valence-corrected chi connectivity index (χ4v) is 2.36. The predicted octanol–water partition coefficient (Wildman–Crippen LogP) is 1.62. The minimum Gasteiger partial charge on any atom is -0.464 e. The van der Waals surface area contributed by atoms with Crippen LogP contribution in [0.15, 0.2) is 38.8 Å². The SMILES string of the molecule is COC(=O)C1=CC(c2ccc(Br)c(F)c2)=NS(=O)N1. The van der Waals surface area contributed by atoms with E-state index in [1.54, 1.807) is 6.07 Å². The summed E-state index contributed by atoms with van der Waals surface area (Å²) in [4.78, 5) is 11.4. The van der Waals surface area contributed by atoms with Crippen LogP contribution in [-0.4, -0.2) is 23.0 Å². The Bertz CT molecular complexity index is 630. The molecule has 0 aliphatic carbocycles. The molecule has 1 aromatic carbocycles. The number of rotatable bonds is 2. The van der Waals surface area contributed by atoms with E-state index in [1.165, 1.54) is 25.3 Å². The minimum absolute atomic E-state index is 0.00848. The minimum atomic E-state index is -1.80. The van der Waals surface area contributed by atoms with Crippen molar-refractivity contribution in [3.63, 3.8) is 0 Å². The monoisotopic (exact) mass is 346 g/mol. The summed E-state index contributed by atoms with van der Waals surface area (Å²) in [5, 5.41) is 0. The lowest BCUT2D eigenvalue weighted by Crippen LogP contribution is -2.27. The van der Waals surface area contributed by atoms with Crippen molar-refractivity contribution in [2.75, 3.05) is 7.11 Å². The first-order chi connectivity index (χ1) is 9.01. The number of nitrogens with one attached hydrogen (secondary N) is 1. The highest BCUT2D eigenvalue weighted by Crippen LogP contribution is 2.18. The number of esters is 1. The van der Waals surface area contributed by atoms with Crippen molar-refractivity contribution in [2.45, 2.75) is 0 Å². The molecule has 1 unspecified atom stereocenters. The van der Waals surface area contributed by atoms with Crippen LogP contribution in [-0.2, 0) is 20.7 Å². The maximum absolute atomic E-state index is 13.4. The van der Waals surface area contributed by atoms with Gasteiger partial charge in [0.05, 0.1) is 17.3 Å². The van der Waals surface area contributed by atoms with Gasteiger partial charge < -0.3 is 4.74 Å². The van der Waals surface area contributed by atoms with Crippen LogP contribution < -0.4 is 4.72 Å². The number of hydrogen-bond donors (Lipinski definition) is 1. The molecule has 0 radical (unpaired) electrons. The van der Waals surface area contributed by atoms with E-state index in [-0.39, 0.29) is 11.4 Å². The molecule has 1 N–H and O–H groups in total. The Kier molecular flexibility index (Phi) is 4.11. The molecule has 1 aromatic rings. The number of nitrogens with zero attached hydrogens (tertiary/aromatic N) is 1. The Morgan fingerprint density at radius 2 is 2.26 bits per heavy atom. The molecule has 0 saturated heterocycles. The summed E-state index contributed by atoms with van der Waals surface area (Å²) in [6.45, 7) is 0. The second kappa shape index (κ2) is 5.62.